The van der Waals surface area contributed by atoms with Crippen molar-refractivity contribution in [1.82, 2.24) is 4.98 Å². The van der Waals surface area contributed by atoms with Crippen molar-refractivity contribution in [1.29, 1.82) is 0 Å². The van der Waals surface area contributed by atoms with Gasteiger partial charge in [-0.1, -0.05) is 49.4 Å². The molecule has 0 fully saturated rings. The average molecular weight is 263 g/mol. The van der Waals surface area contributed by atoms with Crippen LogP contribution in [-0.4, -0.2) is 4.98 Å². The maximum absolute atomic E-state index is 12.5. The number of nitrogens with one attached hydrogen (secondary N) is 1. The lowest BCUT2D eigenvalue weighted by Gasteiger charge is -2.10. The lowest BCUT2D eigenvalue weighted by Crippen LogP contribution is -2.12. The Balaban J connectivity index is 2.40. The number of fused-ring (bicyclic) bond motifs is 1. The van der Waals surface area contributed by atoms with Gasteiger partial charge in [-0.05, 0) is 25.0 Å². The number of hydrogen-bond donors (Lipinski definition) is 1. The summed E-state index contributed by atoms with van der Waals surface area (Å²) < 4.78 is 0. The van der Waals surface area contributed by atoms with Crippen molar-refractivity contribution in [2.45, 2.75) is 20.3 Å². The number of aryl methyl sites for hydroxylation is 1. The maximum atomic E-state index is 12.5. The van der Waals surface area contributed by atoms with Gasteiger partial charge in [0, 0.05) is 22.2 Å². The van der Waals surface area contributed by atoms with Gasteiger partial charge in [0.2, 0.25) is 0 Å². The van der Waals surface area contributed by atoms with E-state index in [0.717, 1.165) is 39.7 Å². The quantitative estimate of drug-likeness (QED) is 0.743. The van der Waals surface area contributed by atoms with Gasteiger partial charge in [-0.15, -0.1) is 0 Å². The second kappa shape index (κ2) is 4.97. The van der Waals surface area contributed by atoms with Gasteiger partial charge in [-0.25, -0.2) is 0 Å². The number of H-pyrrole nitrogens is 1. The molecule has 0 aliphatic carbocycles. The lowest BCUT2D eigenvalue weighted by atomic mass is 9.99. The number of benzene rings is 2. The molecule has 0 unspecified atom stereocenters. The van der Waals surface area contributed by atoms with E-state index in [1.165, 1.54) is 0 Å². The van der Waals surface area contributed by atoms with E-state index < -0.39 is 0 Å². The van der Waals surface area contributed by atoms with Gasteiger partial charge in [0.05, 0.1) is 5.52 Å². The van der Waals surface area contributed by atoms with E-state index in [0.29, 0.717) is 0 Å². The molecule has 100 valence electrons. The van der Waals surface area contributed by atoms with Crippen LogP contribution in [0.15, 0.2) is 53.3 Å². The zero-order chi connectivity index (χ0) is 14.1. The molecule has 0 saturated heterocycles. The van der Waals surface area contributed by atoms with E-state index in [4.69, 9.17) is 0 Å². The first-order chi connectivity index (χ1) is 9.72. The minimum absolute atomic E-state index is 0.150. The highest BCUT2D eigenvalue weighted by Crippen LogP contribution is 2.26. The third-order valence-corrected chi connectivity index (χ3v) is 3.79. The van der Waals surface area contributed by atoms with Crippen LogP contribution in [0.3, 0.4) is 0 Å². The standard InChI is InChI=1S/C18H17NO/c1-3-14-12(2)19-17-15(13-8-5-4-6-9-13)10-7-11-16(17)18(14)20/h4-11H,3H2,1-2H3,(H,19,20). The van der Waals surface area contributed by atoms with Crippen molar-refractivity contribution in [3.8, 4) is 11.1 Å². The van der Waals surface area contributed by atoms with E-state index in [1.807, 2.05) is 44.2 Å². The van der Waals surface area contributed by atoms with Gasteiger partial charge >= 0.3 is 0 Å². The fourth-order valence-electron chi connectivity index (χ4n) is 2.76. The number of para-hydroxylation sites is 1. The molecule has 2 nitrogen and oxygen atoms in total. The van der Waals surface area contributed by atoms with E-state index in [9.17, 15) is 4.79 Å². The van der Waals surface area contributed by atoms with Crippen molar-refractivity contribution in [2.24, 2.45) is 0 Å². The predicted octanol–water partition coefficient (Wildman–Crippen LogP) is 4.07. The van der Waals surface area contributed by atoms with E-state index >= 15 is 0 Å². The second-order valence-electron chi connectivity index (χ2n) is 5.01. The number of rotatable bonds is 2. The first-order valence-corrected chi connectivity index (χ1v) is 6.92. The summed E-state index contributed by atoms with van der Waals surface area (Å²) in [6, 6.07) is 16.1. The van der Waals surface area contributed by atoms with Gasteiger partial charge in [-0.2, -0.15) is 0 Å². The number of aromatic nitrogens is 1. The Hall–Kier alpha value is -2.35. The molecular weight excluding hydrogens is 246 g/mol. The second-order valence-corrected chi connectivity index (χ2v) is 5.01. The summed E-state index contributed by atoms with van der Waals surface area (Å²) in [5.74, 6) is 0. The first kappa shape index (κ1) is 12.7. The summed E-state index contributed by atoms with van der Waals surface area (Å²) in [6.07, 6.45) is 0.757. The summed E-state index contributed by atoms with van der Waals surface area (Å²) in [7, 11) is 0. The Morgan fingerprint density at radius 2 is 1.75 bits per heavy atom. The van der Waals surface area contributed by atoms with Crippen LogP contribution in [-0.2, 0) is 6.42 Å². The lowest BCUT2D eigenvalue weighted by molar-refractivity contribution is 1.05. The molecule has 0 radical (unpaired) electrons. The molecule has 3 rings (SSSR count). The largest absolute Gasteiger partial charge is 0.358 e. The molecule has 0 aliphatic rings. The third-order valence-electron chi connectivity index (χ3n) is 3.79. The van der Waals surface area contributed by atoms with Gasteiger partial charge in [0.1, 0.15) is 0 Å². The molecule has 20 heavy (non-hydrogen) atoms. The molecule has 3 aromatic rings. The number of aromatic amines is 1. The van der Waals surface area contributed by atoms with Crippen LogP contribution in [0, 0.1) is 6.92 Å². The van der Waals surface area contributed by atoms with Crippen LogP contribution in [0.2, 0.25) is 0 Å². The molecule has 1 aromatic heterocycles. The summed E-state index contributed by atoms with van der Waals surface area (Å²) >= 11 is 0. The molecule has 1 heterocycles. The first-order valence-electron chi connectivity index (χ1n) is 6.92. The zero-order valence-electron chi connectivity index (χ0n) is 11.7. The van der Waals surface area contributed by atoms with Gasteiger partial charge in [0.25, 0.3) is 0 Å². The van der Waals surface area contributed by atoms with Crippen molar-refractivity contribution >= 4 is 10.9 Å². The smallest absolute Gasteiger partial charge is 0.192 e. The van der Waals surface area contributed by atoms with Gasteiger partial charge < -0.3 is 4.98 Å². The van der Waals surface area contributed by atoms with Crippen LogP contribution >= 0.6 is 0 Å². The van der Waals surface area contributed by atoms with Crippen molar-refractivity contribution in [2.75, 3.05) is 0 Å². The topological polar surface area (TPSA) is 32.9 Å². The molecule has 0 bridgehead atoms. The normalized spacial score (nSPS) is 10.9. The maximum Gasteiger partial charge on any atom is 0.192 e. The predicted molar refractivity (Wildman–Crippen MR) is 84.1 cm³/mol. The summed E-state index contributed by atoms with van der Waals surface area (Å²) in [5.41, 5.74) is 5.12. The Morgan fingerprint density at radius 1 is 1.00 bits per heavy atom. The molecule has 1 N–H and O–H groups in total. The summed E-state index contributed by atoms with van der Waals surface area (Å²) in [5, 5.41) is 0.772. The minimum Gasteiger partial charge on any atom is -0.358 e. The summed E-state index contributed by atoms with van der Waals surface area (Å²) in [6.45, 7) is 3.99. The Labute approximate surface area is 118 Å². The van der Waals surface area contributed by atoms with E-state index in [-0.39, 0.29) is 5.43 Å². The van der Waals surface area contributed by atoms with Crippen molar-refractivity contribution in [3.05, 3.63) is 70.0 Å². The molecule has 2 heteroatoms. The molecule has 2 aromatic carbocycles. The van der Waals surface area contributed by atoms with Crippen molar-refractivity contribution in [3.63, 3.8) is 0 Å². The molecule has 0 atom stereocenters. The number of hydrogen-bond acceptors (Lipinski definition) is 1. The third kappa shape index (κ3) is 1.94. The average Bonchev–Trinajstić information content (AvgIpc) is 2.48. The van der Waals surface area contributed by atoms with Crippen LogP contribution in [0.5, 0.6) is 0 Å². The fraction of sp³-hybridized carbons (Fsp3) is 0.167. The molecule has 0 spiro atoms. The molecular formula is C18H17NO. The van der Waals surface area contributed by atoms with E-state index in [1.54, 1.807) is 0 Å². The summed E-state index contributed by atoms with van der Waals surface area (Å²) in [4.78, 5) is 16.0. The van der Waals surface area contributed by atoms with Crippen LogP contribution in [0.4, 0.5) is 0 Å². The van der Waals surface area contributed by atoms with Crippen molar-refractivity contribution < 1.29 is 0 Å². The SMILES string of the molecule is CCc1c(C)[nH]c2c(-c3ccccc3)cccc2c1=O. The monoisotopic (exact) mass is 263 g/mol. The van der Waals surface area contributed by atoms with Crippen LogP contribution in [0.1, 0.15) is 18.2 Å². The zero-order valence-corrected chi connectivity index (χ0v) is 11.7. The number of pyridine rings is 1. The Morgan fingerprint density at radius 3 is 2.45 bits per heavy atom. The van der Waals surface area contributed by atoms with E-state index in [2.05, 4.69) is 23.2 Å². The Kier molecular flexibility index (Phi) is 3.15. The highest BCUT2D eigenvalue weighted by Gasteiger charge is 2.11. The molecule has 0 saturated carbocycles. The minimum atomic E-state index is 0.150. The highest BCUT2D eigenvalue weighted by atomic mass is 16.1. The van der Waals surface area contributed by atoms with Gasteiger partial charge in [-0.3, -0.25) is 4.79 Å². The van der Waals surface area contributed by atoms with Crippen LogP contribution < -0.4 is 5.43 Å². The molecule has 0 amide bonds. The van der Waals surface area contributed by atoms with Gasteiger partial charge in [0.15, 0.2) is 5.43 Å². The van der Waals surface area contributed by atoms with Crippen LogP contribution in [0.25, 0.3) is 22.0 Å². The highest BCUT2D eigenvalue weighted by molar-refractivity contribution is 5.93. The fourth-order valence-corrected chi connectivity index (χ4v) is 2.76. The molecule has 0 aliphatic heterocycles. The Bertz CT molecular complexity index is 816.